The average Bonchev–Trinajstić information content (AvgIpc) is 3.16. The van der Waals surface area contributed by atoms with E-state index in [1.165, 1.54) is 0 Å². The minimum absolute atomic E-state index is 0.220. The second kappa shape index (κ2) is 8.14. The van der Waals surface area contributed by atoms with Gasteiger partial charge in [-0.2, -0.15) is 4.37 Å². The fourth-order valence-electron chi connectivity index (χ4n) is 2.78. The molecule has 0 bridgehead atoms. The van der Waals surface area contributed by atoms with Gasteiger partial charge in [0.25, 0.3) is 11.8 Å². The van der Waals surface area contributed by atoms with Gasteiger partial charge in [0.1, 0.15) is 5.69 Å². The molecule has 0 aliphatic rings. The number of fused-ring (bicyclic) bond motifs is 1. The number of rotatable bonds is 5. The van der Waals surface area contributed by atoms with Crippen molar-refractivity contribution in [1.82, 2.24) is 8.75 Å². The molecule has 0 saturated carbocycles. The van der Waals surface area contributed by atoms with E-state index in [0.717, 1.165) is 28.1 Å². The Morgan fingerprint density at radius 3 is 2.71 bits per heavy atom. The fraction of sp³-hybridized carbons (Fsp3) is 0.0500. The molecule has 8 heteroatoms. The highest BCUT2D eigenvalue weighted by molar-refractivity contribution is 6.99. The summed E-state index contributed by atoms with van der Waals surface area (Å²) in [4.78, 5) is 12.2. The number of anilines is 1. The number of halogens is 2. The lowest BCUT2D eigenvalue weighted by atomic mass is 10.0. The van der Waals surface area contributed by atoms with Crippen LogP contribution >= 0.6 is 34.9 Å². The van der Waals surface area contributed by atoms with Crippen LogP contribution in [0.1, 0.15) is 0 Å². The Hall–Kier alpha value is -2.67. The van der Waals surface area contributed by atoms with Gasteiger partial charge in [0.05, 0.1) is 22.4 Å². The van der Waals surface area contributed by atoms with E-state index < -0.39 is 0 Å². The molecule has 1 heterocycles. The van der Waals surface area contributed by atoms with Crippen molar-refractivity contribution in [2.45, 2.75) is 0 Å². The molecule has 4 rings (SSSR count). The molecule has 0 aliphatic heterocycles. The Morgan fingerprint density at radius 1 is 1.04 bits per heavy atom. The first-order chi connectivity index (χ1) is 13.6. The number of hydrogen-bond donors (Lipinski definition) is 1. The van der Waals surface area contributed by atoms with Gasteiger partial charge >= 0.3 is 0 Å². The molecular weight excluding hydrogens is 417 g/mol. The summed E-state index contributed by atoms with van der Waals surface area (Å²) in [6.07, 6.45) is 0. The van der Waals surface area contributed by atoms with Crippen molar-refractivity contribution in [2.24, 2.45) is 0 Å². The van der Waals surface area contributed by atoms with Gasteiger partial charge in [0, 0.05) is 10.6 Å². The quantitative estimate of drug-likeness (QED) is 0.442. The van der Waals surface area contributed by atoms with Crippen LogP contribution in [0, 0.1) is 0 Å². The number of amides is 1. The minimum atomic E-state index is -0.360. The first-order valence-corrected chi connectivity index (χ1v) is 9.79. The molecule has 0 atom stereocenters. The van der Waals surface area contributed by atoms with Gasteiger partial charge in [0.15, 0.2) is 6.61 Å². The second-order valence-electron chi connectivity index (χ2n) is 5.91. The third-order valence-electron chi connectivity index (χ3n) is 4.05. The zero-order valence-electron chi connectivity index (χ0n) is 14.4. The van der Waals surface area contributed by atoms with Crippen LogP contribution in [-0.4, -0.2) is 21.3 Å². The predicted octanol–water partition coefficient (Wildman–Crippen LogP) is 5.68. The van der Waals surface area contributed by atoms with Crippen LogP contribution in [0.2, 0.25) is 10.0 Å². The largest absolute Gasteiger partial charge is 0.465 e. The smallest absolute Gasteiger partial charge is 0.262 e. The normalized spacial score (nSPS) is 10.8. The highest BCUT2D eigenvalue weighted by atomic mass is 35.5. The zero-order valence-corrected chi connectivity index (χ0v) is 16.7. The van der Waals surface area contributed by atoms with E-state index in [9.17, 15) is 4.79 Å². The van der Waals surface area contributed by atoms with Crippen molar-refractivity contribution in [3.63, 3.8) is 0 Å². The van der Waals surface area contributed by atoms with Crippen LogP contribution in [0.5, 0.6) is 5.88 Å². The maximum Gasteiger partial charge on any atom is 0.262 e. The van der Waals surface area contributed by atoms with Crippen molar-refractivity contribution in [2.75, 3.05) is 11.9 Å². The summed E-state index contributed by atoms with van der Waals surface area (Å²) in [7, 11) is 0. The van der Waals surface area contributed by atoms with Gasteiger partial charge in [-0.1, -0.05) is 65.7 Å². The van der Waals surface area contributed by atoms with Gasteiger partial charge < -0.3 is 10.1 Å². The van der Waals surface area contributed by atoms with Gasteiger partial charge in [-0.15, -0.1) is 4.37 Å². The van der Waals surface area contributed by atoms with Crippen molar-refractivity contribution >= 4 is 57.3 Å². The molecule has 3 aromatic carbocycles. The van der Waals surface area contributed by atoms with Crippen molar-refractivity contribution in [3.8, 4) is 17.1 Å². The molecule has 28 heavy (non-hydrogen) atoms. The zero-order chi connectivity index (χ0) is 19.5. The lowest BCUT2D eigenvalue weighted by molar-refractivity contribution is -0.118. The maximum atomic E-state index is 12.2. The highest BCUT2D eigenvalue weighted by Crippen LogP contribution is 2.33. The summed E-state index contributed by atoms with van der Waals surface area (Å²) in [6.45, 7) is -0.220. The van der Waals surface area contributed by atoms with E-state index in [-0.39, 0.29) is 12.5 Å². The molecule has 5 nitrogen and oxygen atoms in total. The third kappa shape index (κ3) is 3.94. The Kier molecular flexibility index (Phi) is 5.43. The van der Waals surface area contributed by atoms with Crippen LogP contribution in [-0.2, 0) is 4.79 Å². The molecule has 0 saturated heterocycles. The summed E-state index contributed by atoms with van der Waals surface area (Å²) >= 11 is 13.0. The molecule has 1 N–H and O–H groups in total. The van der Waals surface area contributed by atoms with Crippen LogP contribution in [0.3, 0.4) is 0 Å². The van der Waals surface area contributed by atoms with E-state index >= 15 is 0 Å². The summed E-state index contributed by atoms with van der Waals surface area (Å²) < 4.78 is 14.2. The van der Waals surface area contributed by atoms with E-state index in [1.807, 2.05) is 42.5 Å². The number of benzene rings is 3. The van der Waals surface area contributed by atoms with Gasteiger partial charge in [-0.05, 0) is 29.0 Å². The number of carbonyl (C=O) groups excluding carboxylic acids is 1. The first-order valence-electron chi connectivity index (χ1n) is 8.30. The monoisotopic (exact) mass is 429 g/mol. The van der Waals surface area contributed by atoms with E-state index in [0.29, 0.717) is 27.3 Å². The van der Waals surface area contributed by atoms with E-state index in [1.54, 1.807) is 18.2 Å². The van der Waals surface area contributed by atoms with Crippen molar-refractivity contribution in [1.29, 1.82) is 0 Å². The fourth-order valence-corrected chi connectivity index (χ4v) is 3.75. The van der Waals surface area contributed by atoms with E-state index in [4.69, 9.17) is 27.9 Å². The Balaban J connectivity index is 1.51. The number of carbonyl (C=O) groups is 1. The summed E-state index contributed by atoms with van der Waals surface area (Å²) in [5, 5.41) is 5.67. The summed E-state index contributed by atoms with van der Waals surface area (Å²) in [5.41, 5.74) is 1.98. The highest BCUT2D eigenvalue weighted by Gasteiger charge is 2.16. The summed E-state index contributed by atoms with van der Waals surface area (Å²) in [6, 6.07) is 18.8. The Bertz CT molecular complexity index is 1160. The van der Waals surface area contributed by atoms with Crippen LogP contribution in [0.15, 0.2) is 60.7 Å². The molecule has 1 amide bonds. The topological polar surface area (TPSA) is 64.1 Å². The molecule has 0 fully saturated rings. The molecule has 0 spiro atoms. The second-order valence-corrected chi connectivity index (χ2v) is 7.28. The van der Waals surface area contributed by atoms with E-state index in [2.05, 4.69) is 14.1 Å². The lowest BCUT2D eigenvalue weighted by Gasteiger charge is -2.09. The minimum Gasteiger partial charge on any atom is -0.465 e. The molecule has 1 aromatic heterocycles. The Morgan fingerprint density at radius 2 is 1.86 bits per heavy atom. The van der Waals surface area contributed by atoms with Crippen LogP contribution in [0.25, 0.3) is 22.0 Å². The average molecular weight is 430 g/mol. The SMILES string of the molecule is O=C(COc1nsnc1-c1cccc2ccccc12)Nc1ccc(Cl)cc1Cl. The standard InChI is InChI=1S/C20H13Cl2N3O2S/c21-13-8-9-17(16(22)10-13)23-18(26)11-27-20-19(24-28-25-20)15-7-3-5-12-4-1-2-6-14(12)15/h1-10H,11H2,(H,23,26). The number of aromatic nitrogens is 2. The predicted molar refractivity (Wildman–Crippen MR) is 113 cm³/mol. The van der Waals surface area contributed by atoms with Gasteiger partial charge in [0.2, 0.25) is 0 Å². The van der Waals surface area contributed by atoms with Gasteiger partial charge in [-0.25, -0.2) is 0 Å². The number of ether oxygens (including phenoxy) is 1. The van der Waals surface area contributed by atoms with Crippen molar-refractivity contribution in [3.05, 3.63) is 70.7 Å². The first kappa shape index (κ1) is 18.7. The molecule has 4 aromatic rings. The molecule has 0 aliphatic carbocycles. The van der Waals surface area contributed by atoms with Crippen LogP contribution < -0.4 is 10.1 Å². The number of nitrogens with zero attached hydrogens (tertiary/aromatic N) is 2. The lowest BCUT2D eigenvalue weighted by Crippen LogP contribution is -2.20. The molecular formula is C20H13Cl2N3O2S. The molecule has 0 radical (unpaired) electrons. The molecule has 0 unspecified atom stereocenters. The number of hydrogen-bond acceptors (Lipinski definition) is 5. The Labute approximate surface area is 175 Å². The number of nitrogens with one attached hydrogen (secondary N) is 1. The summed E-state index contributed by atoms with van der Waals surface area (Å²) in [5.74, 6) is -0.0419. The molecule has 140 valence electrons. The maximum absolute atomic E-state index is 12.2. The van der Waals surface area contributed by atoms with Crippen molar-refractivity contribution < 1.29 is 9.53 Å². The third-order valence-corrected chi connectivity index (χ3v) is 5.11. The van der Waals surface area contributed by atoms with Crippen LogP contribution in [0.4, 0.5) is 5.69 Å². The van der Waals surface area contributed by atoms with Gasteiger partial charge in [-0.3, -0.25) is 4.79 Å².